The van der Waals surface area contributed by atoms with Crippen molar-refractivity contribution in [1.82, 2.24) is 15.3 Å². The van der Waals surface area contributed by atoms with Crippen molar-refractivity contribution in [3.8, 4) is 0 Å². The van der Waals surface area contributed by atoms with Gasteiger partial charge < -0.3 is 5.32 Å². The Labute approximate surface area is 135 Å². The summed E-state index contributed by atoms with van der Waals surface area (Å²) in [5.41, 5.74) is 2.29. The molecule has 0 aliphatic rings. The average Bonchev–Trinajstić information content (AvgIpc) is 2.45. The maximum absolute atomic E-state index is 6.14. The molecule has 0 saturated heterocycles. The average molecular weight is 322 g/mol. The van der Waals surface area contributed by atoms with E-state index in [1.807, 2.05) is 36.7 Å². The van der Waals surface area contributed by atoms with Crippen molar-refractivity contribution in [1.29, 1.82) is 0 Å². The molecular weight excluding hydrogens is 302 g/mol. The summed E-state index contributed by atoms with van der Waals surface area (Å²) in [7, 11) is 0. The molecule has 0 aliphatic heterocycles. The van der Waals surface area contributed by atoms with Crippen LogP contribution in [0.25, 0.3) is 0 Å². The zero-order chi connectivity index (χ0) is 15.3. The van der Waals surface area contributed by atoms with Gasteiger partial charge in [0.1, 0.15) is 0 Å². The zero-order valence-electron chi connectivity index (χ0n) is 12.6. The summed E-state index contributed by atoms with van der Waals surface area (Å²) in [5.74, 6) is 0.777. The van der Waals surface area contributed by atoms with Gasteiger partial charge in [-0.15, -0.1) is 0 Å². The lowest BCUT2D eigenvalue weighted by Gasteiger charge is -2.20. The van der Waals surface area contributed by atoms with Gasteiger partial charge in [-0.05, 0) is 32.4 Å². The van der Waals surface area contributed by atoms with Crippen molar-refractivity contribution in [3.05, 3.63) is 52.8 Å². The van der Waals surface area contributed by atoms with Crippen LogP contribution in [0, 0.1) is 0 Å². The summed E-state index contributed by atoms with van der Waals surface area (Å²) < 4.78 is 0. The maximum atomic E-state index is 6.14. The van der Waals surface area contributed by atoms with Crippen molar-refractivity contribution in [2.45, 2.75) is 43.8 Å². The van der Waals surface area contributed by atoms with E-state index in [-0.39, 0.29) is 5.54 Å². The number of benzene rings is 1. The Kier molecular flexibility index (Phi) is 5.62. The Balaban J connectivity index is 1.89. The van der Waals surface area contributed by atoms with Gasteiger partial charge in [-0.25, -0.2) is 9.97 Å². The highest BCUT2D eigenvalue weighted by Crippen LogP contribution is 2.24. The molecule has 0 saturated carbocycles. The topological polar surface area (TPSA) is 37.8 Å². The first-order chi connectivity index (χ1) is 9.94. The van der Waals surface area contributed by atoms with E-state index < -0.39 is 0 Å². The smallest absolute Gasteiger partial charge is 0.187 e. The summed E-state index contributed by atoms with van der Waals surface area (Å²) in [4.78, 5) is 8.79. The van der Waals surface area contributed by atoms with Crippen LogP contribution in [0.4, 0.5) is 0 Å². The second-order valence-electron chi connectivity index (χ2n) is 5.86. The number of nitrogens with zero attached hydrogens (tertiary/aromatic N) is 2. The second-order valence-corrected chi connectivity index (χ2v) is 7.21. The lowest BCUT2D eigenvalue weighted by Crippen LogP contribution is -2.35. The zero-order valence-corrected chi connectivity index (χ0v) is 14.1. The number of aromatic nitrogens is 2. The largest absolute Gasteiger partial charge is 0.308 e. The molecule has 5 heteroatoms. The fraction of sp³-hybridized carbons (Fsp3) is 0.375. The van der Waals surface area contributed by atoms with Gasteiger partial charge in [-0.3, -0.25) is 0 Å². The lowest BCUT2D eigenvalue weighted by molar-refractivity contribution is 0.423. The molecule has 112 valence electrons. The third-order valence-corrected chi connectivity index (χ3v) is 4.11. The number of rotatable bonds is 5. The van der Waals surface area contributed by atoms with Crippen LogP contribution in [-0.2, 0) is 12.3 Å². The third kappa shape index (κ3) is 5.65. The third-order valence-electron chi connectivity index (χ3n) is 2.82. The van der Waals surface area contributed by atoms with Crippen LogP contribution in [0.3, 0.4) is 0 Å². The van der Waals surface area contributed by atoms with Gasteiger partial charge >= 0.3 is 0 Å². The fourth-order valence-electron chi connectivity index (χ4n) is 1.63. The van der Waals surface area contributed by atoms with E-state index >= 15 is 0 Å². The summed E-state index contributed by atoms with van der Waals surface area (Å²) in [6.45, 7) is 7.20. The van der Waals surface area contributed by atoms with E-state index in [1.54, 1.807) is 11.8 Å². The number of thioether (sulfide) groups is 1. The molecule has 0 fully saturated rings. The first kappa shape index (κ1) is 16.3. The van der Waals surface area contributed by atoms with Crippen molar-refractivity contribution < 1.29 is 0 Å². The Morgan fingerprint density at radius 1 is 1.14 bits per heavy atom. The highest BCUT2D eigenvalue weighted by molar-refractivity contribution is 7.98. The monoisotopic (exact) mass is 321 g/mol. The Bertz CT molecular complexity index is 579. The van der Waals surface area contributed by atoms with Gasteiger partial charge in [0.05, 0.1) is 0 Å². The first-order valence-electron chi connectivity index (χ1n) is 6.86. The summed E-state index contributed by atoms with van der Waals surface area (Å²) in [6, 6.07) is 7.85. The molecule has 0 aliphatic carbocycles. The van der Waals surface area contributed by atoms with Crippen LogP contribution < -0.4 is 5.32 Å². The molecular formula is C16H20ClN3S. The highest BCUT2D eigenvalue weighted by Gasteiger charge is 2.09. The van der Waals surface area contributed by atoms with Crippen molar-refractivity contribution in [3.63, 3.8) is 0 Å². The predicted octanol–water partition coefficient (Wildman–Crippen LogP) is 4.31. The van der Waals surface area contributed by atoms with E-state index in [0.29, 0.717) is 0 Å². The van der Waals surface area contributed by atoms with Crippen molar-refractivity contribution in [2.75, 3.05) is 0 Å². The normalized spacial score (nSPS) is 11.6. The number of hydrogen-bond acceptors (Lipinski definition) is 4. The molecule has 0 spiro atoms. The predicted molar refractivity (Wildman–Crippen MR) is 89.6 cm³/mol. The van der Waals surface area contributed by atoms with Crippen LogP contribution in [0.2, 0.25) is 5.02 Å². The van der Waals surface area contributed by atoms with Crippen LogP contribution in [-0.4, -0.2) is 15.5 Å². The molecule has 1 aromatic carbocycles. The summed E-state index contributed by atoms with van der Waals surface area (Å²) in [6.07, 6.45) is 3.75. The molecule has 1 heterocycles. The van der Waals surface area contributed by atoms with Gasteiger partial charge in [0.15, 0.2) is 5.16 Å². The fourth-order valence-corrected chi connectivity index (χ4v) is 2.71. The molecule has 2 rings (SSSR count). The minimum Gasteiger partial charge on any atom is -0.308 e. The molecule has 0 unspecified atom stereocenters. The van der Waals surface area contributed by atoms with Gasteiger partial charge in [-0.1, -0.05) is 41.6 Å². The van der Waals surface area contributed by atoms with E-state index in [9.17, 15) is 0 Å². The van der Waals surface area contributed by atoms with Gasteiger partial charge in [0.2, 0.25) is 0 Å². The van der Waals surface area contributed by atoms with Gasteiger partial charge in [0, 0.05) is 40.8 Å². The van der Waals surface area contributed by atoms with Gasteiger partial charge in [-0.2, -0.15) is 0 Å². The maximum Gasteiger partial charge on any atom is 0.187 e. The SMILES string of the molecule is CC(C)(C)NCc1cnc(SCc2ccccc2Cl)nc1. The molecule has 1 N–H and O–H groups in total. The first-order valence-corrected chi connectivity index (χ1v) is 8.22. The Morgan fingerprint density at radius 2 is 1.81 bits per heavy atom. The Hall–Kier alpha value is -1.10. The Morgan fingerprint density at radius 3 is 2.43 bits per heavy atom. The standard InChI is InChI=1S/C16H20ClN3S/c1-16(2,3)20-10-12-8-18-15(19-9-12)21-11-13-6-4-5-7-14(13)17/h4-9,20H,10-11H2,1-3H3. The molecule has 0 bridgehead atoms. The number of halogens is 1. The molecule has 2 aromatic rings. The molecule has 1 aromatic heterocycles. The van der Waals surface area contributed by atoms with E-state index in [0.717, 1.165) is 33.6 Å². The van der Waals surface area contributed by atoms with Crippen molar-refractivity contribution >= 4 is 23.4 Å². The minimum atomic E-state index is 0.0947. The summed E-state index contributed by atoms with van der Waals surface area (Å²) >= 11 is 7.73. The molecule has 3 nitrogen and oxygen atoms in total. The van der Waals surface area contributed by atoms with E-state index in [1.165, 1.54) is 0 Å². The molecule has 0 atom stereocenters. The van der Waals surface area contributed by atoms with E-state index in [4.69, 9.17) is 11.6 Å². The lowest BCUT2D eigenvalue weighted by atomic mass is 10.1. The molecule has 0 amide bonds. The molecule has 0 radical (unpaired) electrons. The minimum absolute atomic E-state index is 0.0947. The van der Waals surface area contributed by atoms with E-state index in [2.05, 4.69) is 36.1 Å². The van der Waals surface area contributed by atoms with Crippen LogP contribution in [0.15, 0.2) is 41.8 Å². The van der Waals surface area contributed by atoms with Crippen LogP contribution >= 0.6 is 23.4 Å². The number of hydrogen-bond donors (Lipinski definition) is 1. The quantitative estimate of drug-likeness (QED) is 0.657. The van der Waals surface area contributed by atoms with Crippen molar-refractivity contribution in [2.24, 2.45) is 0 Å². The highest BCUT2D eigenvalue weighted by atomic mass is 35.5. The number of nitrogens with one attached hydrogen (secondary N) is 1. The summed E-state index contributed by atoms with van der Waals surface area (Å²) in [5, 5.41) is 4.98. The second kappa shape index (κ2) is 7.25. The van der Waals surface area contributed by atoms with Crippen LogP contribution in [0.1, 0.15) is 31.9 Å². The van der Waals surface area contributed by atoms with Crippen LogP contribution in [0.5, 0.6) is 0 Å². The van der Waals surface area contributed by atoms with Gasteiger partial charge in [0.25, 0.3) is 0 Å². The molecule has 21 heavy (non-hydrogen) atoms.